The highest BCUT2D eigenvalue weighted by Gasteiger charge is 2.46. The molecule has 0 bridgehead atoms. The fourth-order valence-electron chi connectivity index (χ4n) is 4.21. The second kappa shape index (κ2) is 8.65. The van der Waals surface area contributed by atoms with Crippen LogP contribution in [0.5, 0.6) is 0 Å². The molecule has 26 heavy (non-hydrogen) atoms. The predicted molar refractivity (Wildman–Crippen MR) is 104 cm³/mol. The molecule has 0 radical (unpaired) electrons. The molecule has 1 aliphatic heterocycles. The fourth-order valence-corrected chi connectivity index (χ4v) is 9.67. The summed E-state index contributed by atoms with van der Waals surface area (Å²) in [6, 6.07) is -0.849. The second-order valence-corrected chi connectivity index (χ2v) is 14.3. The molecule has 0 aromatic carbocycles. The topological polar surface area (TPSA) is 81.7 Å². The van der Waals surface area contributed by atoms with Gasteiger partial charge in [0.25, 0.3) is 0 Å². The van der Waals surface area contributed by atoms with Gasteiger partial charge in [0.1, 0.15) is 12.6 Å². The molecule has 6 nitrogen and oxygen atoms in total. The van der Waals surface area contributed by atoms with Crippen molar-refractivity contribution in [2.24, 2.45) is 5.41 Å². The molecule has 0 aromatic heterocycles. The van der Waals surface area contributed by atoms with E-state index >= 15 is 0 Å². The maximum atomic E-state index is 12.6. The second-order valence-electron chi connectivity index (χ2n) is 8.85. The number of cyclic esters (lactones) is 1. The number of hydrogen-bond acceptors (Lipinski definition) is 5. The summed E-state index contributed by atoms with van der Waals surface area (Å²) < 4.78 is 11.3. The largest absolute Gasteiger partial charge is 0.449 e. The number of hydrogen-bond donors (Lipinski definition) is 1. The summed E-state index contributed by atoms with van der Waals surface area (Å²) in [5.41, 5.74) is 0.638. The summed E-state index contributed by atoms with van der Waals surface area (Å²) in [5.74, 6) is -1.06. The Balaban J connectivity index is 2.76. The minimum atomic E-state index is -2.06. The summed E-state index contributed by atoms with van der Waals surface area (Å²) in [6.07, 6.45) is -0.610. The Morgan fingerprint density at radius 2 is 1.65 bits per heavy atom. The van der Waals surface area contributed by atoms with Crippen LogP contribution in [0, 0.1) is 5.41 Å². The molecule has 0 aliphatic carbocycles. The van der Waals surface area contributed by atoms with Crippen LogP contribution in [0.1, 0.15) is 61.8 Å². The first-order chi connectivity index (χ1) is 11.9. The van der Waals surface area contributed by atoms with Crippen molar-refractivity contribution >= 4 is 26.0 Å². The number of rotatable bonds is 9. The molecule has 1 saturated heterocycles. The predicted octanol–water partition coefficient (Wildman–Crippen LogP) is 3.84. The van der Waals surface area contributed by atoms with Gasteiger partial charge in [0, 0.05) is 18.4 Å². The molecule has 0 spiro atoms. The van der Waals surface area contributed by atoms with E-state index in [1.165, 1.54) is 0 Å². The molecule has 1 heterocycles. The molecule has 1 N–H and O–H groups in total. The third kappa shape index (κ3) is 4.74. The van der Waals surface area contributed by atoms with Crippen molar-refractivity contribution in [2.45, 2.75) is 84.5 Å². The van der Waals surface area contributed by atoms with Gasteiger partial charge >= 0.3 is 6.09 Å². The number of carbonyl (C=O) groups is 3. The van der Waals surface area contributed by atoms with Crippen molar-refractivity contribution < 1.29 is 23.5 Å². The van der Waals surface area contributed by atoms with Crippen LogP contribution < -0.4 is 5.32 Å². The normalized spacial score (nSPS) is 20.3. The van der Waals surface area contributed by atoms with Crippen molar-refractivity contribution in [1.82, 2.24) is 5.32 Å². The summed E-state index contributed by atoms with van der Waals surface area (Å²) >= 11 is 0. The number of Topliss-reactive ketones (excluding diaryl/α,β-unsaturated/α-hetero) is 2. The summed E-state index contributed by atoms with van der Waals surface area (Å²) in [4.78, 5) is 36.4. The zero-order valence-electron chi connectivity index (χ0n) is 17.5. The molecular weight excluding hydrogens is 350 g/mol. The fraction of sp³-hybridized carbons (Fsp3) is 0.842. The van der Waals surface area contributed by atoms with Crippen LogP contribution in [0.15, 0.2) is 0 Å². The average molecular weight is 386 g/mol. The third-order valence-corrected chi connectivity index (χ3v) is 11.7. The highest BCUT2D eigenvalue weighted by atomic mass is 28.4. The Morgan fingerprint density at radius 3 is 2.12 bits per heavy atom. The van der Waals surface area contributed by atoms with Crippen LogP contribution in [-0.4, -0.2) is 45.2 Å². The van der Waals surface area contributed by atoms with Gasteiger partial charge in [0.05, 0.1) is 0 Å². The van der Waals surface area contributed by atoms with E-state index in [4.69, 9.17) is 9.16 Å². The first kappa shape index (κ1) is 22.8. The number of alkyl carbamates (subject to hydrolysis) is 1. The Kier molecular flexibility index (Phi) is 7.59. The SMILES string of the molecule is CC(C)[Si](OCCC(=O)C(=O)C1NC(=O)OCC1(C)C)(C(C)C)C(C)C. The van der Waals surface area contributed by atoms with E-state index in [0.29, 0.717) is 16.6 Å². The standard InChI is InChI=1S/C19H35NO5Si/c1-12(2)26(13(3)4,14(5)6)25-10-9-15(21)16(22)17-19(7,8)11-24-18(23)20-17/h12-14,17H,9-11H2,1-8H3,(H,20,23). The van der Waals surface area contributed by atoms with E-state index in [-0.39, 0.29) is 19.6 Å². The van der Waals surface area contributed by atoms with E-state index in [1.54, 1.807) is 13.8 Å². The van der Waals surface area contributed by atoms with Crippen molar-refractivity contribution in [3.63, 3.8) is 0 Å². The Bertz CT molecular complexity index is 520. The van der Waals surface area contributed by atoms with Crippen LogP contribution in [0.4, 0.5) is 4.79 Å². The lowest BCUT2D eigenvalue weighted by Gasteiger charge is -2.42. The molecule has 1 atom stereocenters. The van der Waals surface area contributed by atoms with Crippen LogP contribution in [0.2, 0.25) is 16.6 Å². The zero-order chi connectivity index (χ0) is 20.3. The molecule has 0 aromatic rings. The van der Waals surface area contributed by atoms with Gasteiger partial charge in [-0.05, 0) is 16.6 Å². The first-order valence-electron chi connectivity index (χ1n) is 9.50. The monoisotopic (exact) mass is 385 g/mol. The van der Waals surface area contributed by atoms with E-state index in [9.17, 15) is 14.4 Å². The van der Waals surface area contributed by atoms with Crippen LogP contribution >= 0.6 is 0 Å². The highest BCUT2D eigenvalue weighted by molar-refractivity contribution is 6.77. The molecule has 1 unspecified atom stereocenters. The Hall–Kier alpha value is -1.21. The lowest BCUT2D eigenvalue weighted by atomic mass is 9.80. The number of amides is 1. The lowest BCUT2D eigenvalue weighted by molar-refractivity contribution is -0.141. The van der Waals surface area contributed by atoms with Gasteiger partial charge < -0.3 is 14.5 Å². The smallest absolute Gasteiger partial charge is 0.407 e. The summed E-state index contributed by atoms with van der Waals surface area (Å²) in [6.45, 7) is 17.0. The molecule has 7 heteroatoms. The molecule has 0 saturated carbocycles. The Labute approximate surface area is 158 Å². The molecule has 1 amide bonds. The number of carbonyl (C=O) groups excluding carboxylic acids is 3. The minimum absolute atomic E-state index is 0.0447. The third-order valence-electron chi connectivity index (χ3n) is 5.54. The van der Waals surface area contributed by atoms with Crippen molar-refractivity contribution in [2.75, 3.05) is 13.2 Å². The van der Waals surface area contributed by atoms with Gasteiger partial charge in [0.2, 0.25) is 11.6 Å². The van der Waals surface area contributed by atoms with Gasteiger partial charge in [-0.2, -0.15) is 0 Å². The molecule has 1 aliphatic rings. The maximum absolute atomic E-state index is 12.6. The van der Waals surface area contributed by atoms with Crippen molar-refractivity contribution in [3.05, 3.63) is 0 Å². The molecule has 150 valence electrons. The van der Waals surface area contributed by atoms with Gasteiger partial charge in [-0.1, -0.05) is 55.4 Å². The van der Waals surface area contributed by atoms with Crippen molar-refractivity contribution in [3.8, 4) is 0 Å². The number of ketones is 2. The minimum Gasteiger partial charge on any atom is -0.449 e. The molecule has 1 rings (SSSR count). The van der Waals surface area contributed by atoms with Gasteiger partial charge in [-0.25, -0.2) is 4.79 Å². The van der Waals surface area contributed by atoms with Crippen LogP contribution in [0.3, 0.4) is 0 Å². The highest BCUT2D eigenvalue weighted by Crippen LogP contribution is 2.42. The van der Waals surface area contributed by atoms with Gasteiger partial charge in [-0.15, -0.1) is 0 Å². The number of nitrogens with one attached hydrogen (secondary N) is 1. The van der Waals surface area contributed by atoms with Crippen LogP contribution in [0.25, 0.3) is 0 Å². The van der Waals surface area contributed by atoms with Gasteiger partial charge in [0.15, 0.2) is 8.32 Å². The van der Waals surface area contributed by atoms with Crippen molar-refractivity contribution in [1.29, 1.82) is 0 Å². The van der Waals surface area contributed by atoms with E-state index < -0.39 is 37.4 Å². The van der Waals surface area contributed by atoms with E-state index in [1.807, 2.05) is 0 Å². The first-order valence-corrected chi connectivity index (χ1v) is 11.6. The summed E-state index contributed by atoms with van der Waals surface area (Å²) in [7, 11) is -2.06. The number of ether oxygens (including phenoxy) is 1. The van der Waals surface area contributed by atoms with Crippen LogP contribution in [-0.2, 0) is 18.8 Å². The quantitative estimate of drug-likeness (QED) is 0.482. The van der Waals surface area contributed by atoms with E-state index in [2.05, 4.69) is 46.9 Å². The summed E-state index contributed by atoms with van der Waals surface area (Å²) in [5, 5.41) is 2.48. The van der Waals surface area contributed by atoms with E-state index in [0.717, 1.165) is 0 Å². The molecular formula is C19H35NO5Si. The Morgan fingerprint density at radius 1 is 1.15 bits per heavy atom. The average Bonchev–Trinajstić information content (AvgIpc) is 2.51. The zero-order valence-corrected chi connectivity index (χ0v) is 18.5. The van der Waals surface area contributed by atoms with Gasteiger partial charge in [-0.3, -0.25) is 9.59 Å². The maximum Gasteiger partial charge on any atom is 0.407 e. The lowest BCUT2D eigenvalue weighted by Crippen LogP contribution is -2.58. The molecule has 1 fully saturated rings.